The van der Waals surface area contributed by atoms with Gasteiger partial charge in [-0.1, -0.05) is 56.3 Å². The first-order valence-electron chi connectivity index (χ1n) is 8.98. The van der Waals surface area contributed by atoms with Gasteiger partial charge in [0.2, 0.25) is 11.8 Å². The first-order chi connectivity index (χ1) is 12.5. The van der Waals surface area contributed by atoms with Gasteiger partial charge in [0.1, 0.15) is 6.54 Å². The van der Waals surface area contributed by atoms with Crippen molar-refractivity contribution in [2.75, 3.05) is 16.8 Å². The van der Waals surface area contributed by atoms with Crippen LogP contribution in [0.2, 0.25) is 0 Å². The van der Waals surface area contributed by atoms with E-state index in [4.69, 9.17) is 0 Å². The normalized spacial score (nSPS) is 16.0. The molecule has 0 bridgehead atoms. The Labute approximate surface area is 154 Å². The van der Waals surface area contributed by atoms with Gasteiger partial charge in [-0.15, -0.1) is 0 Å². The van der Waals surface area contributed by atoms with Crippen LogP contribution in [-0.2, 0) is 9.59 Å². The van der Waals surface area contributed by atoms with Crippen molar-refractivity contribution in [3.05, 3.63) is 60.2 Å². The zero-order valence-electron chi connectivity index (χ0n) is 15.4. The lowest BCUT2D eigenvalue weighted by Crippen LogP contribution is -2.51. The van der Waals surface area contributed by atoms with E-state index in [0.29, 0.717) is 11.6 Å². The number of benzene rings is 2. The molecule has 5 heteroatoms. The predicted octanol–water partition coefficient (Wildman–Crippen LogP) is 3.35. The molecule has 1 heterocycles. The molecule has 136 valence electrons. The van der Waals surface area contributed by atoms with E-state index in [9.17, 15) is 9.59 Å². The summed E-state index contributed by atoms with van der Waals surface area (Å²) in [6.45, 7) is 6.16. The van der Waals surface area contributed by atoms with E-state index in [1.165, 1.54) is 0 Å². The molecule has 0 saturated heterocycles. The van der Waals surface area contributed by atoms with Crippen LogP contribution < -0.4 is 15.5 Å². The number of carbonyl (C=O) groups is 2. The number of fused-ring (bicyclic) bond motifs is 1. The zero-order chi connectivity index (χ0) is 18.7. The van der Waals surface area contributed by atoms with Gasteiger partial charge < -0.3 is 5.32 Å². The highest BCUT2D eigenvalue weighted by Gasteiger charge is 2.31. The maximum absolute atomic E-state index is 13.1. The summed E-state index contributed by atoms with van der Waals surface area (Å²) in [6.07, 6.45) is 0. The third-order valence-electron chi connectivity index (χ3n) is 4.66. The molecule has 2 aromatic rings. The number of nitrogens with zero attached hydrogens (tertiary/aromatic N) is 1. The number of para-hydroxylation sites is 2. The quantitative estimate of drug-likeness (QED) is 0.868. The van der Waals surface area contributed by atoms with E-state index in [-0.39, 0.29) is 24.4 Å². The van der Waals surface area contributed by atoms with Crippen molar-refractivity contribution in [1.82, 2.24) is 5.32 Å². The summed E-state index contributed by atoms with van der Waals surface area (Å²) in [7, 11) is 0. The number of hydrogen-bond donors (Lipinski definition) is 2. The average molecular weight is 351 g/mol. The molecule has 0 aromatic heterocycles. The largest absolute Gasteiger partial charge is 0.323 e. The van der Waals surface area contributed by atoms with E-state index in [1.54, 1.807) is 4.90 Å². The van der Waals surface area contributed by atoms with Crippen molar-refractivity contribution in [2.45, 2.75) is 32.9 Å². The molecule has 0 spiro atoms. The Morgan fingerprint density at radius 3 is 2.38 bits per heavy atom. The van der Waals surface area contributed by atoms with Gasteiger partial charge in [0.15, 0.2) is 0 Å². The highest BCUT2D eigenvalue weighted by Crippen LogP contribution is 2.30. The standard InChI is InChI=1S/C21H25N3O2/c1-14(2)20(16-9-5-4-6-10-16)22-15(3)21(26)24-13-19(25)23-17-11-7-8-12-18(17)24/h4-12,14-15,20,22H,13H2,1-3H3,(H,23,25)/t15-,20-/m1/s1. The third kappa shape index (κ3) is 3.78. The molecule has 0 unspecified atom stereocenters. The molecule has 2 amide bonds. The molecule has 2 atom stereocenters. The average Bonchev–Trinajstić information content (AvgIpc) is 2.65. The van der Waals surface area contributed by atoms with Gasteiger partial charge in [-0.25, -0.2) is 0 Å². The summed E-state index contributed by atoms with van der Waals surface area (Å²) in [4.78, 5) is 26.6. The van der Waals surface area contributed by atoms with Crippen molar-refractivity contribution in [3.63, 3.8) is 0 Å². The Morgan fingerprint density at radius 2 is 1.69 bits per heavy atom. The molecular formula is C21H25N3O2. The molecule has 3 rings (SSSR count). The van der Waals surface area contributed by atoms with Crippen molar-refractivity contribution in [3.8, 4) is 0 Å². The van der Waals surface area contributed by atoms with Gasteiger partial charge in [0, 0.05) is 6.04 Å². The Balaban J connectivity index is 1.80. The fourth-order valence-corrected chi connectivity index (χ4v) is 3.34. The minimum Gasteiger partial charge on any atom is -0.323 e. The van der Waals surface area contributed by atoms with Gasteiger partial charge in [0.05, 0.1) is 17.4 Å². The summed E-state index contributed by atoms with van der Waals surface area (Å²) in [5, 5.41) is 6.27. The molecule has 0 saturated carbocycles. The monoisotopic (exact) mass is 351 g/mol. The summed E-state index contributed by atoms with van der Waals surface area (Å²) >= 11 is 0. The fourth-order valence-electron chi connectivity index (χ4n) is 3.34. The van der Waals surface area contributed by atoms with Crippen molar-refractivity contribution in [2.24, 2.45) is 5.92 Å². The van der Waals surface area contributed by atoms with Crippen LogP contribution in [0.4, 0.5) is 11.4 Å². The molecule has 0 fully saturated rings. The third-order valence-corrected chi connectivity index (χ3v) is 4.66. The summed E-state index contributed by atoms with van der Waals surface area (Å²) in [6, 6.07) is 17.2. The lowest BCUT2D eigenvalue weighted by molar-refractivity contribution is -0.123. The number of hydrogen-bond acceptors (Lipinski definition) is 3. The fraction of sp³-hybridized carbons (Fsp3) is 0.333. The van der Waals surface area contributed by atoms with E-state index in [1.807, 2.05) is 49.4 Å². The van der Waals surface area contributed by atoms with Crippen molar-refractivity contribution in [1.29, 1.82) is 0 Å². The number of nitrogens with one attached hydrogen (secondary N) is 2. The summed E-state index contributed by atoms with van der Waals surface area (Å²) < 4.78 is 0. The van der Waals surface area contributed by atoms with E-state index < -0.39 is 6.04 Å². The van der Waals surface area contributed by atoms with Crippen LogP contribution in [0, 0.1) is 5.92 Å². The Morgan fingerprint density at radius 1 is 1.04 bits per heavy atom. The summed E-state index contributed by atoms with van der Waals surface area (Å²) in [5.41, 5.74) is 2.57. The highest BCUT2D eigenvalue weighted by atomic mass is 16.2. The van der Waals surface area contributed by atoms with Crippen molar-refractivity contribution >= 4 is 23.2 Å². The van der Waals surface area contributed by atoms with Gasteiger partial charge in [-0.05, 0) is 30.5 Å². The minimum absolute atomic E-state index is 0.0412. The number of carbonyl (C=O) groups excluding carboxylic acids is 2. The maximum Gasteiger partial charge on any atom is 0.244 e. The van der Waals surface area contributed by atoms with Crippen LogP contribution in [0.15, 0.2) is 54.6 Å². The Kier molecular flexibility index (Phi) is 5.38. The molecule has 2 N–H and O–H groups in total. The maximum atomic E-state index is 13.1. The molecular weight excluding hydrogens is 326 g/mol. The lowest BCUT2D eigenvalue weighted by Gasteiger charge is -2.33. The van der Waals surface area contributed by atoms with Gasteiger partial charge in [0.25, 0.3) is 0 Å². The van der Waals surface area contributed by atoms with Gasteiger partial charge in [-0.3, -0.25) is 19.8 Å². The zero-order valence-corrected chi connectivity index (χ0v) is 15.4. The summed E-state index contributed by atoms with van der Waals surface area (Å²) in [5.74, 6) is 0.0474. The Bertz CT molecular complexity index is 789. The van der Waals surface area contributed by atoms with E-state index in [0.717, 1.165) is 11.3 Å². The first-order valence-corrected chi connectivity index (χ1v) is 8.98. The predicted molar refractivity (Wildman–Crippen MR) is 104 cm³/mol. The van der Waals surface area contributed by atoms with Crippen LogP contribution in [0.3, 0.4) is 0 Å². The molecule has 26 heavy (non-hydrogen) atoms. The van der Waals surface area contributed by atoms with Crippen LogP contribution >= 0.6 is 0 Å². The van der Waals surface area contributed by atoms with Crippen LogP contribution in [0.1, 0.15) is 32.4 Å². The SMILES string of the molecule is CC(C)[C@@H](N[C@H](C)C(=O)N1CC(=O)Nc2ccccc21)c1ccccc1. The minimum atomic E-state index is -0.415. The molecule has 5 nitrogen and oxygen atoms in total. The molecule has 2 aromatic carbocycles. The second-order valence-electron chi connectivity index (χ2n) is 7.01. The molecule has 0 aliphatic carbocycles. The van der Waals surface area contributed by atoms with E-state index >= 15 is 0 Å². The molecule has 0 radical (unpaired) electrons. The van der Waals surface area contributed by atoms with Gasteiger partial charge >= 0.3 is 0 Å². The van der Waals surface area contributed by atoms with E-state index in [2.05, 4.69) is 36.6 Å². The van der Waals surface area contributed by atoms with Crippen LogP contribution in [0.5, 0.6) is 0 Å². The first kappa shape index (κ1) is 18.1. The smallest absolute Gasteiger partial charge is 0.244 e. The lowest BCUT2D eigenvalue weighted by atomic mass is 9.95. The Hall–Kier alpha value is -2.66. The highest BCUT2D eigenvalue weighted by molar-refractivity contribution is 6.11. The second-order valence-corrected chi connectivity index (χ2v) is 7.01. The van der Waals surface area contributed by atoms with Crippen LogP contribution in [-0.4, -0.2) is 24.4 Å². The number of amides is 2. The number of anilines is 2. The van der Waals surface area contributed by atoms with Crippen LogP contribution in [0.25, 0.3) is 0 Å². The number of rotatable bonds is 5. The topological polar surface area (TPSA) is 61.4 Å². The van der Waals surface area contributed by atoms with Gasteiger partial charge in [-0.2, -0.15) is 0 Å². The molecule has 1 aliphatic rings. The second kappa shape index (κ2) is 7.70. The molecule has 1 aliphatic heterocycles. The van der Waals surface area contributed by atoms with Crippen molar-refractivity contribution < 1.29 is 9.59 Å².